The Hall–Kier alpha value is -0.650. The molecule has 0 rings (SSSR count). The van der Waals surface area contributed by atoms with E-state index < -0.39 is 18.2 Å². The summed E-state index contributed by atoms with van der Waals surface area (Å²) in [4.78, 5) is 10.7. The third-order valence-corrected chi connectivity index (χ3v) is 1.34. The molecule has 0 saturated heterocycles. The molecule has 72 valence electrons. The second-order valence-electron chi connectivity index (χ2n) is 2.25. The summed E-state index contributed by atoms with van der Waals surface area (Å²) >= 11 is 0. The lowest BCUT2D eigenvalue weighted by atomic mass is 10.2. The summed E-state index contributed by atoms with van der Waals surface area (Å²) in [5, 5.41) is 9.16. The van der Waals surface area contributed by atoms with Gasteiger partial charge in [0, 0.05) is 7.11 Å². The maximum Gasteiger partial charge on any atom is 0.337 e. The maximum absolute atomic E-state index is 10.7. The van der Waals surface area contributed by atoms with Crippen LogP contribution in [0.25, 0.3) is 0 Å². The molecule has 5 heteroatoms. The third-order valence-electron chi connectivity index (χ3n) is 1.34. The predicted octanol–water partition coefficient (Wildman–Crippen LogP) is -0.471. The van der Waals surface area contributed by atoms with Crippen LogP contribution < -0.4 is 0 Å². The molecule has 0 radical (unpaired) electrons. The van der Waals surface area contributed by atoms with E-state index in [1.807, 2.05) is 0 Å². The highest BCUT2D eigenvalue weighted by Crippen LogP contribution is 2.00. The Labute approximate surface area is 71.2 Å². The Balaban J connectivity index is 3.75. The number of methoxy groups -OCH3 is 2. The standard InChI is InChI=1S/C7H14O5/c1-5(12-4-10-2)6(8)7(9)11-3/h5-6,8H,4H2,1-3H3/t5-,6-/m0/s1. The van der Waals surface area contributed by atoms with Gasteiger partial charge in [0.15, 0.2) is 6.10 Å². The molecule has 0 aromatic heterocycles. The molecule has 1 N–H and O–H groups in total. The molecule has 5 nitrogen and oxygen atoms in total. The summed E-state index contributed by atoms with van der Waals surface area (Å²) in [6.45, 7) is 1.59. The van der Waals surface area contributed by atoms with Gasteiger partial charge in [0.1, 0.15) is 6.79 Å². The monoisotopic (exact) mass is 178 g/mol. The highest BCUT2D eigenvalue weighted by atomic mass is 16.7. The molecule has 0 aromatic rings. The molecule has 0 spiro atoms. The number of ether oxygens (including phenoxy) is 3. The average molecular weight is 178 g/mol. The molecule has 0 unspecified atom stereocenters. The molecule has 12 heavy (non-hydrogen) atoms. The smallest absolute Gasteiger partial charge is 0.337 e. The van der Waals surface area contributed by atoms with Crippen molar-refractivity contribution in [2.24, 2.45) is 0 Å². The number of carbonyl (C=O) groups is 1. The Morgan fingerprint density at radius 2 is 2.08 bits per heavy atom. The molecule has 0 aromatic carbocycles. The van der Waals surface area contributed by atoms with Crippen LogP contribution >= 0.6 is 0 Å². The Kier molecular flexibility index (Phi) is 5.61. The summed E-state index contributed by atoms with van der Waals surface area (Å²) in [7, 11) is 2.66. The summed E-state index contributed by atoms with van der Waals surface area (Å²) in [6.07, 6.45) is -1.89. The molecular formula is C7H14O5. The van der Waals surface area contributed by atoms with E-state index in [0.717, 1.165) is 0 Å². The third kappa shape index (κ3) is 3.66. The van der Waals surface area contributed by atoms with Crippen LogP contribution in [-0.2, 0) is 19.0 Å². The van der Waals surface area contributed by atoms with Gasteiger partial charge in [-0.05, 0) is 6.92 Å². The Morgan fingerprint density at radius 1 is 1.50 bits per heavy atom. The first-order valence-corrected chi connectivity index (χ1v) is 3.50. The van der Waals surface area contributed by atoms with E-state index in [0.29, 0.717) is 0 Å². The second kappa shape index (κ2) is 5.93. The molecule has 0 fully saturated rings. The number of hydrogen-bond donors (Lipinski definition) is 1. The predicted molar refractivity (Wildman–Crippen MR) is 40.4 cm³/mol. The Bertz CT molecular complexity index is 136. The van der Waals surface area contributed by atoms with E-state index in [2.05, 4.69) is 9.47 Å². The Morgan fingerprint density at radius 3 is 2.50 bits per heavy atom. The summed E-state index contributed by atoms with van der Waals surface area (Å²) in [5.74, 6) is -0.710. The van der Waals surface area contributed by atoms with Crippen molar-refractivity contribution < 1.29 is 24.1 Å². The largest absolute Gasteiger partial charge is 0.467 e. The quantitative estimate of drug-likeness (QED) is 0.455. The fourth-order valence-electron chi connectivity index (χ4n) is 0.579. The van der Waals surface area contributed by atoms with Crippen LogP contribution in [0.3, 0.4) is 0 Å². The van der Waals surface area contributed by atoms with Crippen molar-refractivity contribution in [3.05, 3.63) is 0 Å². The topological polar surface area (TPSA) is 65.0 Å². The SMILES string of the molecule is COCO[C@@H](C)[C@H](O)C(=O)OC. The zero-order chi connectivity index (χ0) is 9.56. The van der Waals surface area contributed by atoms with Gasteiger partial charge in [0.2, 0.25) is 0 Å². The minimum absolute atomic E-state index is 0.0369. The maximum atomic E-state index is 10.7. The van der Waals surface area contributed by atoms with Gasteiger partial charge < -0.3 is 19.3 Å². The number of esters is 1. The van der Waals surface area contributed by atoms with Gasteiger partial charge in [0.05, 0.1) is 13.2 Å². The fraction of sp³-hybridized carbons (Fsp3) is 0.857. The number of aliphatic hydroxyl groups excluding tert-OH is 1. The van der Waals surface area contributed by atoms with E-state index >= 15 is 0 Å². The lowest BCUT2D eigenvalue weighted by Gasteiger charge is -2.16. The van der Waals surface area contributed by atoms with Crippen molar-refractivity contribution >= 4 is 5.97 Å². The van der Waals surface area contributed by atoms with Crippen molar-refractivity contribution in [3.63, 3.8) is 0 Å². The molecule has 0 heterocycles. The zero-order valence-corrected chi connectivity index (χ0v) is 7.44. The van der Waals surface area contributed by atoms with Crippen LogP contribution in [0, 0.1) is 0 Å². The lowest BCUT2D eigenvalue weighted by molar-refractivity contribution is -0.164. The van der Waals surface area contributed by atoms with Crippen LogP contribution in [0.1, 0.15) is 6.92 Å². The van der Waals surface area contributed by atoms with E-state index in [1.54, 1.807) is 6.92 Å². The van der Waals surface area contributed by atoms with Gasteiger partial charge in [-0.2, -0.15) is 0 Å². The zero-order valence-electron chi connectivity index (χ0n) is 7.44. The highest BCUT2D eigenvalue weighted by molar-refractivity contribution is 5.74. The van der Waals surface area contributed by atoms with Crippen molar-refractivity contribution in [2.75, 3.05) is 21.0 Å². The second-order valence-corrected chi connectivity index (χ2v) is 2.25. The normalized spacial score (nSPS) is 15.3. The van der Waals surface area contributed by atoms with E-state index in [4.69, 9.17) is 9.84 Å². The first kappa shape index (κ1) is 11.4. The van der Waals surface area contributed by atoms with Crippen LogP contribution in [0.2, 0.25) is 0 Å². The first-order chi connectivity index (χ1) is 5.63. The van der Waals surface area contributed by atoms with Gasteiger partial charge in [-0.3, -0.25) is 0 Å². The van der Waals surface area contributed by atoms with Crippen LogP contribution in [0.4, 0.5) is 0 Å². The lowest BCUT2D eigenvalue weighted by Crippen LogP contribution is -2.35. The average Bonchev–Trinajstić information content (AvgIpc) is 2.11. The van der Waals surface area contributed by atoms with Crippen LogP contribution in [-0.4, -0.2) is 44.3 Å². The molecule has 0 saturated carbocycles. The minimum Gasteiger partial charge on any atom is -0.467 e. The van der Waals surface area contributed by atoms with Crippen molar-refractivity contribution in [3.8, 4) is 0 Å². The van der Waals surface area contributed by atoms with E-state index in [9.17, 15) is 4.79 Å². The van der Waals surface area contributed by atoms with Gasteiger partial charge >= 0.3 is 5.97 Å². The fourth-order valence-corrected chi connectivity index (χ4v) is 0.579. The van der Waals surface area contributed by atoms with E-state index in [1.165, 1.54) is 14.2 Å². The van der Waals surface area contributed by atoms with Crippen molar-refractivity contribution in [1.82, 2.24) is 0 Å². The van der Waals surface area contributed by atoms with E-state index in [-0.39, 0.29) is 6.79 Å². The summed E-state index contributed by atoms with van der Waals surface area (Å²) in [5.41, 5.74) is 0. The van der Waals surface area contributed by atoms with Crippen molar-refractivity contribution in [1.29, 1.82) is 0 Å². The van der Waals surface area contributed by atoms with Crippen molar-refractivity contribution in [2.45, 2.75) is 19.1 Å². The molecule has 0 aliphatic rings. The van der Waals surface area contributed by atoms with Crippen LogP contribution in [0.15, 0.2) is 0 Å². The van der Waals surface area contributed by atoms with Gasteiger partial charge in [-0.1, -0.05) is 0 Å². The molecule has 0 bridgehead atoms. The molecule has 0 amide bonds. The summed E-state index contributed by atoms with van der Waals surface area (Å²) < 4.78 is 13.8. The number of hydrogen-bond acceptors (Lipinski definition) is 5. The molecule has 0 aliphatic carbocycles. The molecule has 0 aliphatic heterocycles. The minimum atomic E-state index is -1.26. The number of aliphatic hydroxyl groups is 1. The number of rotatable bonds is 5. The van der Waals surface area contributed by atoms with Crippen LogP contribution in [0.5, 0.6) is 0 Å². The first-order valence-electron chi connectivity index (χ1n) is 3.50. The molecule has 2 atom stereocenters. The van der Waals surface area contributed by atoms with Gasteiger partial charge in [-0.25, -0.2) is 4.79 Å². The highest BCUT2D eigenvalue weighted by Gasteiger charge is 2.23. The van der Waals surface area contributed by atoms with Gasteiger partial charge in [0.25, 0.3) is 0 Å². The van der Waals surface area contributed by atoms with Gasteiger partial charge in [-0.15, -0.1) is 0 Å². The summed E-state index contributed by atoms with van der Waals surface area (Å²) in [6, 6.07) is 0. The molecular weight excluding hydrogens is 164 g/mol. The number of carbonyl (C=O) groups excluding carboxylic acids is 1.